The minimum Gasteiger partial charge on any atom is -0.343 e. The molecule has 0 amide bonds. The minimum atomic E-state index is 0. The van der Waals surface area contributed by atoms with Crippen molar-refractivity contribution in [2.24, 2.45) is 5.41 Å². The Balaban J connectivity index is -0.000000142. The third-order valence-corrected chi connectivity index (χ3v) is 1.28. The van der Waals surface area contributed by atoms with Crippen molar-refractivity contribution in [3.8, 4) is 0 Å². The fraction of sp³-hybridized carbons (Fsp3) is 0.818. The SMILES string of the molecule is [CH2-]CCC.[CH2-]CCC(C)(C)C.[W+2]. The van der Waals surface area contributed by atoms with Crippen LogP contribution in [0.15, 0.2) is 0 Å². The van der Waals surface area contributed by atoms with Gasteiger partial charge in [-0.2, -0.15) is 12.8 Å². The van der Waals surface area contributed by atoms with E-state index in [4.69, 9.17) is 0 Å². The minimum absolute atomic E-state index is 0. The maximum absolute atomic E-state index is 3.77. The van der Waals surface area contributed by atoms with Gasteiger partial charge in [0.15, 0.2) is 0 Å². The smallest absolute Gasteiger partial charge is 0.343 e. The third-order valence-electron chi connectivity index (χ3n) is 1.28. The van der Waals surface area contributed by atoms with Crippen molar-refractivity contribution in [2.75, 3.05) is 0 Å². The fourth-order valence-corrected chi connectivity index (χ4v) is 0.530. The molecule has 0 aliphatic heterocycles. The molecule has 0 aromatic carbocycles. The van der Waals surface area contributed by atoms with Gasteiger partial charge in [0.2, 0.25) is 0 Å². The van der Waals surface area contributed by atoms with Crippen LogP contribution >= 0.6 is 0 Å². The summed E-state index contributed by atoms with van der Waals surface area (Å²) >= 11 is 0. The predicted molar refractivity (Wildman–Crippen MR) is 54.3 cm³/mol. The Bertz CT molecular complexity index is 59.9. The average molecular weight is 340 g/mol. The summed E-state index contributed by atoms with van der Waals surface area (Å²) in [4.78, 5) is 0. The molecule has 0 aromatic heterocycles. The van der Waals surface area contributed by atoms with Crippen LogP contribution in [0.4, 0.5) is 0 Å². The van der Waals surface area contributed by atoms with Crippen LogP contribution in [0.2, 0.25) is 0 Å². The van der Waals surface area contributed by atoms with Gasteiger partial charge in [0, 0.05) is 0 Å². The summed E-state index contributed by atoms with van der Waals surface area (Å²) in [5.74, 6) is 0. The summed E-state index contributed by atoms with van der Waals surface area (Å²) in [6.45, 7) is 16.2. The maximum atomic E-state index is 3.77. The monoisotopic (exact) mass is 340 g/mol. The molecule has 0 aromatic rings. The van der Waals surface area contributed by atoms with Crippen molar-refractivity contribution in [3.63, 3.8) is 0 Å². The van der Waals surface area contributed by atoms with Gasteiger partial charge in [-0.15, -0.1) is 0 Å². The standard InChI is InChI=1S/C7H15.C4H9.W/c1-5-6-7(2,3)4;1-3-4-2;/h1,5-6H2,2-4H3;1,3-4H2,2H3;/q2*-1;+2. The van der Waals surface area contributed by atoms with Crippen molar-refractivity contribution in [2.45, 2.75) is 53.4 Å². The Morgan fingerprint density at radius 1 is 1.00 bits per heavy atom. The van der Waals surface area contributed by atoms with Crippen LogP contribution in [0, 0.1) is 19.3 Å². The fourth-order valence-electron chi connectivity index (χ4n) is 0.530. The van der Waals surface area contributed by atoms with E-state index in [-0.39, 0.29) is 21.1 Å². The van der Waals surface area contributed by atoms with E-state index >= 15 is 0 Å². The van der Waals surface area contributed by atoms with Crippen molar-refractivity contribution in [1.82, 2.24) is 0 Å². The average Bonchev–Trinajstić information content (AvgIpc) is 1.86. The van der Waals surface area contributed by atoms with E-state index in [1.807, 2.05) is 0 Å². The summed E-state index contributed by atoms with van der Waals surface area (Å²) in [5, 5.41) is 0. The molecule has 0 bridgehead atoms. The van der Waals surface area contributed by atoms with Gasteiger partial charge < -0.3 is 13.8 Å². The molecule has 0 fully saturated rings. The maximum Gasteiger partial charge on any atom is 2.00 e. The second-order valence-corrected chi connectivity index (χ2v) is 4.02. The van der Waals surface area contributed by atoms with Gasteiger partial charge in [0.1, 0.15) is 0 Å². The van der Waals surface area contributed by atoms with Crippen LogP contribution in [-0.4, -0.2) is 0 Å². The molecule has 0 spiro atoms. The van der Waals surface area contributed by atoms with Crippen molar-refractivity contribution >= 4 is 0 Å². The van der Waals surface area contributed by atoms with E-state index < -0.39 is 0 Å². The van der Waals surface area contributed by atoms with Crippen molar-refractivity contribution in [1.29, 1.82) is 0 Å². The van der Waals surface area contributed by atoms with E-state index in [1.165, 1.54) is 12.8 Å². The second kappa shape index (κ2) is 11.7. The first-order chi connectivity index (χ1) is 4.97. The zero-order valence-corrected chi connectivity index (χ0v) is 12.1. The first kappa shape index (κ1) is 18.5. The van der Waals surface area contributed by atoms with Crippen molar-refractivity contribution < 1.29 is 21.1 Å². The molecule has 0 atom stereocenters. The van der Waals surface area contributed by atoms with E-state index in [9.17, 15) is 0 Å². The van der Waals surface area contributed by atoms with Gasteiger partial charge in [-0.25, -0.2) is 0 Å². The van der Waals surface area contributed by atoms with Gasteiger partial charge in [-0.1, -0.05) is 40.5 Å². The number of hydrogen-bond acceptors (Lipinski definition) is 0. The summed E-state index contributed by atoms with van der Waals surface area (Å²) in [5.41, 5.74) is 0.488. The molecule has 74 valence electrons. The summed E-state index contributed by atoms with van der Waals surface area (Å²) in [6.07, 6.45) is 4.57. The van der Waals surface area contributed by atoms with Crippen LogP contribution < -0.4 is 0 Å². The van der Waals surface area contributed by atoms with Gasteiger partial charge in [-0.3, -0.25) is 0 Å². The van der Waals surface area contributed by atoms with Crippen LogP contribution in [0.5, 0.6) is 0 Å². The Hall–Kier alpha value is 0.688. The second-order valence-electron chi connectivity index (χ2n) is 4.02. The van der Waals surface area contributed by atoms with Crippen LogP contribution in [0.25, 0.3) is 0 Å². The molecule has 0 heterocycles. The zero-order valence-electron chi connectivity index (χ0n) is 9.15. The molecule has 1 heteroatoms. The molecule has 0 aliphatic rings. The summed E-state index contributed by atoms with van der Waals surface area (Å²) < 4.78 is 0. The van der Waals surface area contributed by atoms with Crippen LogP contribution in [0.3, 0.4) is 0 Å². The molecule has 12 heavy (non-hydrogen) atoms. The number of unbranched alkanes of at least 4 members (excludes halogenated alkanes) is 1. The van der Waals surface area contributed by atoms with E-state index in [0.29, 0.717) is 5.41 Å². The van der Waals surface area contributed by atoms with Crippen LogP contribution in [-0.2, 0) is 21.1 Å². The molecule has 0 unspecified atom stereocenters. The normalized spacial score (nSPS) is 9.50. The molecule has 0 N–H and O–H groups in total. The molecule has 0 aliphatic carbocycles. The molecule has 0 rings (SSSR count). The predicted octanol–water partition coefficient (Wildman–Crippen LogP) is 4.26. The molecule has 0 radical (unpaired) electrons. The summed E-state index contributed by atoms with van der Waals surface area (Å²) in [7, 11) is 0. The zero-order chi connectivity index (χ0) is 9.33. The Morgan fingerprint density at radius 2 is 1.33 bits per heavy atom. The van der Waals surface area contributed by atoms with E-state index in [1.54, 1.807) is 0 Å². The Morgan fingerprint density at radius 3 is 1.33 bits per heavy atom. The topological polar surface area (TPSA) is 0 Å². The van der Waals surface area contributed by atoms with Gasteiger partial charge >= 0.3 is 21.1 Å². The Kier molecular flexibility index (Phi) is 18.0. The number of hydrogen-bond donors (Lipinski definition) is 0. The van der Waals surface area contributed by atoms with Gasteiger partial charge in [0.05, 0.1) is 0 Å². The molecular weight excluding hydrogens is 316 g/mol. The molecular formula is C11H24W. The molecule has 0 nitrogen and oxygen atoms in total. The molecule has 0 saturated heterocycles. The summed E-state index contributed by atoms with van der Waals surface area (Å²) in [6, 6.07) is 0. The van der Waals surface area contributed by atoms with Gasteiger partial charge in [-0.05, 0) is 5.41 Å². The van der Waals surface area contributed by atoms with Gasteiger partial charge in [0.25, 0.3) is 0 Å². The number of rotatable bonds is 2. The van der Waals surface area contributed by atoms with Crippen LogP contribution in [0.1, 0.15) is 53.4 Å². The van der Waals surface area contributed by atoms with E-state index in [2.05, 4.69) is 41.5 Å². The first-order valence-corrected chi connectivity index (χ1v) is 4.56. The molecule has 0 saturated carbocycles. The largest absolute Gasteiger partial charge is 2.00 e. The Labute approximate surface area is 93.8 Å². The third kappa shape index (κ3) is 31.0. The van der Waals surface area contributed by atoms with E-state index in [0.717, 1.165) is 12.8 Å². The van der Waals surface area contributed by atoms with Crippen molar-refractivity contribution in [3.05, 3.63) is 13.8 Å². The quantitative estimate of drug-likeness (QED) is 0.659. The first-order valence-electron chi connectivity index (χ1n) is 4.56.